The third-order valence-electron chi connectivity index (χ3n) is 2.53. The third kappa shape index (κ3) is 2.94. The number of rotatable bonds is 5. The Morgan fingerprint density at radius 1 is 1.00 bits per heavy atom. The summed E-state index contributed by atoms with van der Waals surface area (Å²) >= 11 is 0. The van der Waals surface area contributed by atoms with E-state index in [4.69, 9.17) is 0 Å². The van der Waals surface area contributed by atoms with Crippen LogP contribution in [0.5, 0.6) is 0 Å². The minimum absolute atomic E-state index is 0.00884. The van der Waals surface area contributed by atoms with Crippen LogP contribution in [0.3, 0.4) is 0 Å². The zero-order valence-corrected chi connectivity index (χ0v) is 9.30. The van der Waals surface area contributed by atoms with Crippen molar-refractivity contribution < 1.29 is 10.2 Å². The zero-order chi connectivity index (χ0) is 11.3. The van der Waals surface area contributed by atoms with Crippen molar-refractivity contribution >= 4 is 5.69 Å². The van der Waals surface area contributed by atoms with E-state index in [-0.39, 0.29) is 25.3 Å². The molecule has 0 heterocycles. The van der Waals surface area contributed by atoms with Crippen molar-refractivity contribution in [1.82, 2.24) is 0 Å². The summed E-state index contributed by atoms with van der Waals surface area (Å²) in [4.78, 5) is 2.03. The molecule has 1 rings (SSSR count). The number of anilines is 1. The zero-order valence-electron chi connectivity index (χ0n) is 9.30. The Kier molecular flexibility index (Phi) is 4.59. The number of aliphatic hydroxyl groups is 2. The summed E-state index contributed by atoms with van der Waals surface area (Å²) in [6.45, 7) is 4.05. The van der Waals surface area contributed by atoms with Crippen LogP contribution >= 0.6 is 0 Å². The molecular weight excluding hydrogens is 190 g/mol. The van der Waals surface area contributed by atoms with Crippen LogP contribution in [-0.2, 0) is 0 Å². The monoisotopic (exact) mass is 209 g/mol. The highest BCUT2D eigenvalue weighted by atomic mass is 16.3. The highest BCUT2D eigenvalue weighted by molar-refractivity contribution is 5.48. The maximum Gasteiger partial charge on any atom is 0.0632 e. The van der Waals surface area contributed by atoms with Crippen LogP contribution in [0.1, 0.15) is 13.8 Å². The molecule has 0 bridgehead atoms. The lowest BCUT2D eigenvalue weighted by molar-refractivity contribution is 0.230. The smallest absolute Gasteiger partial charge is 0.0632 e. The summed E-state index contributed by atoms with van der Waals surface area (Å²) in [6.07, 6.45) is 0. The Hall–Kier alpha value is -1.06. The molecular formula is C12H19NO2. The Bertz CT molecular complexity index is 266. The molecule has 2 unspecified atom stereocenters. The molecule has 0 saturated carbocycles. The fourth-order valence-corrected chi connectivity index (χ4v) is 1.72. The van der Waals surface area contributed by atoms with Crippen molar-refractivity contribution in [2.24, 2.45) is 0 Å². The van der Waals surface area contributed by atoms with Crippen molar-refractivity contribution in [3.05, 3.63) is 30.3 Å². The van der Waals surface area contributed by atoms with Crippen molar-refractivity contribution in [3.8, 4) is 0 Å². The molecule has 3 heteroatoms. The van der Waals surface area contributed by atoms with Gasteiger partial charge in [0.2, 0.25) is 0 Å². The number of nitrogens with zero attached hydrogens (tertiary/aromatic N) is 1. The first kappa shape index (κ1) is 12.0. The summed E-state index contributed by atoms with van der Waals surface area (Å²) in [5.74, 6) is 0. The molecule has 0 saturated heterocycles. The van der Waals surface area contributed by atoms with Gasteiger partial charge in [0.15, 0.2) is 0 Å². The Labute approximate surface area is 91.0 Å². The lowest BCUT2D eigenvalue weighted by atomic mass is 10.1. The SMILES string of the molecule is CC(CO)N(c1ccccc1)C(C)CO. The van der Waals surface area contributed by atoms with Crippen molar-refractivity contribution in [2.75, 3.05) is 18.1 Å². The molecule has 84 valence electrons. The van der Waals surface area contributed by atoms with Crippen LogP contribution in [0.25, 0.3) is 0 Å². The molecule has 2 N–H and O–H groups in total. The van der Waals surface area contributed by atoms with Crippen LogP contribution in [0, 0.1) is 0 Å². The lowest BCUT2D eigenvalue weighted by Gasteiger charge is -2.35. The predicted octanol–water partition coefficient (Wildman–Crippen LogP) is 1.25. The maximum atomic E-state index is 9.19. The van der Waals surface area contributed by atoms with Gasteiger partial charge >= 0.3 is 0 Å². The molecule has 0 aromatic heterocycles. The molecule has 2 atom stereocenters. The van der Waals surface area contributed by atoms with E-state index in [1.807, 2.05) is 49.1 Å². The van der Waals surface area contributed by atoms with Crippen LogP contribution in [0.2, 0.25) is 0 Å². The largest absolute Gasteiger partial charge is 0.394 e. The van der Waals surface area contributed by atoms with Crippen molar-refractivity contribution in [3.63, 3.8) is 0 Å². The number of hydrogen-bond acceptors (Lipinski definition) is 3. The van der Waals surface area contributed by atoms with Gasteiger partial charge in [-0.05, 0) is 26.0 Å². The molecule has 1 aromatic carbocycles. The second-order valence-corrected chi connectivity index (χ2v) is 3.81. The van der Waals surface area contributed by atoms with E-state index in [1.54, 1.807) is 0 Å². The van der Waals surface area contributed by atoms with Gasteiger partial charge in [-0.25, -0.2) is 0 Å². The molecule has 1 aromatic rings. The molecule has 0 aliphatic rings. The molecule has 0 aliphatic heterocycles. The van der Waals surface area contributed by atoms with Gasteiger partial charge in [-0.3, -0.25) is 0 Å². The average Bonchev–Trinajstić information content (AvgIpc) is 2.30. The van der Waals surface area contributed by atoms with E-state index in [1.165, 1.54) is 0 Å². The highest BCUT2D eigenvalue weighted by Gasteiger charge is 2.18. The topological polar surface area (TPSA) is 43.7 Å². The number of para-hydroxylation sites is 1. The number of hydrogen-bond donors (Lipinski definition) is 2. The minimum atomic E-state index is 0.00884. The van der Waals surface area contributed by atoms with E-state index >= 15 is 0 Å². The van der Waals surface area contributed by atoms with E-state index in [0.717, 1.165) is 5.69 Å². The van der Waals surface area contributed by atoms with Crippen LogP contribution in [0.4, 0.5) is 5.69 Å². The molecule has 3 nitrogen and oxygen atoms in total. The highest BCUT2D eigenvalue weighted by Crippen LogP contribution is 2.19. The van der Waals surface area contributed by atoms with Crippen LogP contribution in [-0.4, -0.2) is 35.5 Å². The lowest BCUT2D eigenvalue weighted by Crippen LogP contribution is -2.44. The summed E-state index contributed by atoms with van der Waals surface area (Å²) < 4.78 is 0. The van der Waals surface area contributed by atoms with Gasteiger partial charge < -0.3 is 15.1 Å². The molecule has 0 fully saturated rings. The fourth-order valence-electron chi connectivity index (χ4n) is 1.72. The van der Waals surface area contributed by atoms with Crippen molar-refractivity contribution in [2.45, 2.75) is 25.9 Å². The molecule has 0 aliphatic carbocycles. The third-order valence-corrected chi connectivity index (χ3v) is 2.53. The fraction of sp³-hybridized carbons (Fsp3) is 0.500. The van der Waals surface area contributed by atoms with Crippen molar-refractivity contribution in [1.29, 1.82) is 0 Å². The predicted molar refractivity (Wildman–Crippen MR) is 62.0 cm³/mol. The quantitative estimate of drug-likeness (QED) is 0.767. The van der Waals surface area contributed by atoms with Crippen LogP contribution in [0.15, 0.2) is 30.3 Å². The summed E-state index contributed by atoms with van der Waals surface area (Å²) in [5, 5.41) is 18.4. The van der Waals surface area contributed by atoms with E-state index in [0.29, 0.717) is 0 Å². The van der Waals surface area contributed by atoms with Gasteiger partial charge in [0.1, 0.15) is 0 Å². The number of aliphatic hydroxyl groups excluding tert-OH is 2. The minimum Gasteiger partial charge on any atom is -0.394 e. The summed E-state index contributed by atoms with van der Waals surface area (Å²) in [6, 6.07) is 9.85. The average molecular weight is 209 g/mol. The van der Waals surface area contributed by atoms with E-state index < -0.39 is 0 Å². The van der Waals surface area contributed by atoms with E-state index in [9.17, 15) is 10.2 Å². The Morgan fingerprint density at radius 3 is 1.87 bits per heavy atom. The Balaban J connectivity index is 2.91. The Morgan fingerprint density at radius 2 is 1.47 bits per heavy atom. The summed E-state index contributed by atoms with van der Waals surface area (Å²) in [7, 11) is 0. The standard InChI is InChI=1S/C12H19NO2/c1-10(8-14)13(11(2)9-15)12-6-4-3-5-7-12/h3-7,10-11,14-15H,8-9H2,1-2H3. The second kappa shape index (κ2) is 5.73. The summed E-state index contributed by atoms with van der Waals surface area (Å²) in [5.41, 5.74) is 1.03. The van der Waals surface area contributed by atoms with Crippen LogP contribution < -0.4 is 4.90 Å². The normalized spacial score (nSPS) is 14.7. The first-order chi connectivity index (χ1) is 7.20. The first-order valence-corrected chi connectivity index (χ1v) is 5.25. The number of benzene rings is 1. The maximum absolute atomic E-state index is 9.19. The second-order valence-electron chi connectivity index (χ2n) is 3.81. The first-order valence-electron chi connectivity index (χ1n) is 5.25. The van der Waals surface area contributed by atoms with Gasteiger partial charge in [0.25, 0.3) is 0 Å². The van der Waals surface area contributed by atoms with Gasteiger partial charge in [-0.1, -0.05) is 18.2 Å². The van der Waals surface area contributed by atoms with Gasteiger partial charge in [0, 0.05) is 17.8 Å². The molecule has 0 spiro atoms. The molecule has 15 heavy (non-hydrogen) atoms. The molecule has 0 radical (unpaired) electrons. The van der Waals surface area contributed by atoms with Gasteiger partial charge in [-0.2, -0.15) is 0 Å². The van der Waals surface area contributed by atoms with E-state index in [2.05, 4.69) is 0 Å². The van der Waals surface area contributed by atoms with Gasteiger partial charge in [0.05, 0.1) is 13.2 Å². The van der Waals surface area contributed by atoms with Gasteiger partial charge in [-0.15, -0.1) is 0 Å². The molecule has 0 amide bonds.